The van der Waals surface area contributed by atoms with Crippen molar-refractivity contribution in [2.45, 2.75) is 19.6 Å². The lowest BCUT2D eigenvalue weighted by Crippen LogP contribution is -2.10. The van der Waals surface area contributed by atoms with E-state index < -0.39 is 6.67 Å². The molecule has 0 saturated carbocycles. The molecule has 0 saturated heterocycles. The fraction of sp³-hybridized carbons (Fsp3) is 0.273. The van der Waals surface area contributed by atoms with Crippen LogP contribution in [-0.4, -0.2) is 40.4 Å². The second kappa shape index (κ2) is 10.1. The van der Waals surface area contributed by atoms with Gasteiger partial charge in [-0.2, -0.15) is 5.10 Å². The SMILES string of the molecule is CN(C)Cc1ccc(CNc2cc(Cl)ncc2C#Cc2cnn(CCF)c2)cc1. The van der Waals surface area contributed by atoms with Gasteiger partial charge in [0.1, 0.15) is 11.8 Å². The van der Waals surface area contributed by atoms with E-state index in [2.05, 4.69) is 70.5 Å². The highest BCUT2D eigenvalue weighted by molar-refractivity contribution is 6.29. The Bertz CT molecular complexity index is 1000. The van der Waals surface area contributed by atoms with Gasteiger partial charge < -0.3 is 10.2 Å². The summed E-state index contributed by atoms with van der Waals surface area (Å²) in [7, 11) is 4.11. The first-order valence-electron chi connectivity index (χ1n) is 9.26. The van der Waals surface area contributed by atoms with E-state index in [1.807, 2.05) is 0 Å². The normalized spacial score (nSPS) is 10.7. The van der Waals surface area contributed by atoms with Gasteiger partial charge in [0, 0.05) is 25.5 Å². The van der Waals surface area contributed by atoms with Crippen LogP contribution in [0, 0.1) is 11.8 Å². The summed E-state index contributed by atoms with van der Waals surface area (Å²) in [5.41, 5.74) is 4.69. The maximum absolute atomic E-state index is 12.4. The molecular weight excluding hydrogens is 389 g/mol. The first-order chi connectivity index (χ1) is 14.0. The lowest BCUT2D eigenvalue weighted by molar-refractivity contribution is 0.402. The van der Waals surface area contributed by atoms with Crippen LogP contribution in [0.1, 0.15) is 22.3 Å². The Morgan fingerprint density at radius 2 is 1.90 bits per heavy atom. The molecule has 0 aliphatic carbocycles. The summed E-state index contributed by atoms with van der Waals surface area (Å²) in [6.45, 7) is 1.32. The smallest absolute Gasteiger partial charge is 0.131 e. The molecule has 3 rings (SSSR count). The predicted octanol–water partition coefficient (Wildman–Crippen LogP) is 3.97. The molecule has 0 spiro atoms. The zero-order valence-corrected chi connectivity index (χ0v) is 17.2. The quantitative estimate of drug-likeness (QED) is 0.472. The number of hydrogen-bond donors (Lipinski definition) is 1. The van der Waals surface area contributed by atoms with Gasteiger partial charge in [-0.1, -0.05) is 47.7 Å². The summed E-state index contributed by atoms with van der Waals surface area (Å²) in [5, 5.41) is 7.86. The van der Waals surface area contributed by atoms with E-state index in [4.69, 9.17) is 11.6 Å². The predicted molar refractivity (Wildman–Crippen MR) is 115 cm³/mol. The van der Waals surface area contributed by atoms with Crippen LogP contribution in [0.5, 0.6) is 0 Å². The molecule has 2 heterocycles. The summed E-state index contributed by atoms with van der Waals surface area (Å²) in [5.74, 6) is 6.13. The lowest BCUT2D eigenvalue weighted by atomic mass is 10.1. The summed E-state index contributed by atoms with van der Waals surface area (Å²) >= 11 is 6.07. The summed E-state index contributed by atoms with van der Waals surface area (Å²) in [6, 6.07) is 10.2. The Labute approximate surface area is 175 Å². The van der Waals surface area contributed by atoms with Gasteiger partial charge in [-0.25, -0.2) is 9.37 Å². The van der Waals surface area contributed by atoms with Crippen molar-refractivity contribution in [1.29, 1.82) is 0 Å². The summed E-state index contributed by atoms with van der Waals surface area (Å²) < 4.78 is 13.9. The van der Waals surface area contributed by atoms with Crippen LogP contribution >= 0.6 is 11.6 Å². The second-order valence-corrected chi connectivity index (χ2v) is 7.28. The fourth-order valence-electron chi connectivity index (χ4n) is 2.78. The van der Waals surface area contributed by atoms with E-state index in [-0.39, 0.29) is 6.54 Å². The molecule has 1 aromatic carbocycles. The van der Waals surface area contributed by atoms with Crippen molar-refractivity contribution in [3.05, 3.63) is 76.3 Å². The van der Waals surface area contributed by atoms with Gasteiger partial charge in [-0.15, -0.1) is 0 Å². The third kappa shape index (κ3) is 6.31. The third-order valence-corrected chi connectivity index (χ3v) is 4.37. The molecule has 0 unspecified atom stereocenters. The van der Waals surface area contributed by atoms with Crippen molar-refractivity contribution in [3.8, 4) is 11.8 Å². The molecule has 1 N–H and O–H groups in total. The van der Waals surface area contributed by atoms with Crippen LogP contribution in [0.15, 0.2) is 48.9 Å². The molecule has 0 radical (unpaired) electrons. The Morgan fingerprint density at radius 3 is 2.62 bits per heavy atom. The maximum atomic E-state index is 12.4. The molecular formula is C22H23ClFN5. The number of aryl methyl sites for hydroxylation is 1. The molecule has 29 heavy (non-hydrogen) atoms. The Kier molecular flexibility index (Phi) is 7.23. The fourth-order valence-corrected chi connectivity index (χ4v) is 2.94. The van der Waals surface area contributed by atoms with Gasteiger partial charge >= 0.3 is 0 Å². The average Bonchev–Trinajstić information content (AvgIpc) is 3.14. The van der Waals surface area contributed by atoms with E-state index in [1.54, 1.807) is 24.7 Å². The number of halogens is 2. The van der Waals surface area contributed by atoms with Crippen LogP contribution < -0.4 is 5.32 Å². The maximum Gasteiger partial charge on any atom is 0.131 e. The van der Waals surface area contributed by atoms with Crippen LogP contribution in [-0.2, 0) is 19.6 Å². The monoisotopic (exact) mass is 411 g/mol. The molecule has 0 atom stereocenters. The van der Waals surface area contributed by atoms with Crippen molar-refractivity contribution in [3.63, 3.8) is 0 Å². The van der Waals surface area contributed by atoms with E-state index in [0.29, 0.717) is 11.7 Å². The molecule has 2 aromatic heterocycles. The van der Waals surface area contributed by atoms with Gasteiger partial charge in [-0.05, 0) is 31.3 Å². The molecule has 7 heteroatoms. The molecule has 5 nitrogen and oxygen atoms in total. The minimum atomic E-state index is -0.458. The first kappa shape index (κ1) is 20.8. The van der Waals surface area contributed by atoms with Crippen molar-refractivity contribution in [2.24, 2.45) is 0 Å². The van der Waals surface area contributed by atoms with E-state index >= 15 is 0 Å². The standard InChI is InChI=1S/C22H23ClFN5/c1-28(2)15-18-5-3-17(4-6-18)12-25-21-11-22(23)26-14-20(21)8-7-19-13-27-29(16-19)10-9-24/h3-6,11,13-14,16H,9-10,12,15H2,1-2H3,(H,25,26). The Balaban J connectivity index is 1.71. The topological polar surface area (TPSA) is 46.0 Å². The minimum absolute atomic E-state index is 0.227. The van der Waals surface area contributed by atoms with Gasteiger partial charge in [0.15, 0.2) is 0 Å². The number of benzene rings is 1. The molecule has 0 fully saturated rings. The number of hydrogen-bond acceptors (Lipinski definition) is 4. The van der Waals surface area contributed by atoms with Gasteiger partial charge in [0.05, 0.1) is 29.6 Å². The first-order valence-corrected chi connectivity index (χ1v) is 9.63. The highest BCUT2D eigenvalue weighted by Crippen LogP contribution is 2.19. The number of pyridine rings is 1. The molecule has 3 aromatic rings. The van der Waals surface area contributed by atoms with Gasteiger partial charge in [-0.3, -0.25) is 4.68 Å². The van der Waals surface area contributed by atoms with Crippen molar-refractivity contribution in [1.82, 2.24) is 19.7 Å². The zero-order chi connectivity index (χ0) is 20.6. The largest absolute Gasteiger partial charge is 0.380 e. The molecule has 0 amide bonds. The summed E-state index contributed by atoms with van der Waals surface area (Å²) in [6.07, 6.45) is 4.98. The molecule has 150 valence electrons. The number of aromatic nitrogens is 3. The molecule has 0 aliphatic rings. The molecule has 0 bridgehead atoms. The van der Waals surface area contributed by atoms with Crippen molar-refractivity contribution < 1.29 is 4.39 Å². The van der Waals surface area contributed by atoms with E-state index in [0.717, 1.165) is 28.9 Å². The van der Waals surface area contributed by atoms with Crippen LogP contribution in [0.25, 0.3) is 0 Å². The van der Waals surface area contributed by atoms with Crippen molar-refractivity contribution in [2.75, 3.05) is 26.1 Å². The summed E-state index contributed by atoms with van der Waals surface area (Å²) in [4.78, 5) is 6.27. The van der Waals surface area contributed by atoms with Crippen LogP contribution in [0.3, 0.4) is 0 Å². The van der Waals surface area contributed by atoms with Gasteiger partial charge in [0.2, 0.25) is 0 Å². The zero-order valence-electron chi connectivity index (χ0n) is 16.5. The van der Waals surface area contributed by atoms with Crippen LogP contribution in [0.4, 0.5) is 10.1 Å². The van der Waals surface area contributed by atoms with Gasteiger partial charge in [0.25, 0.3) is 0 Å². The van der Waals surface area contributed by atoms with Crippen molar-refractivity contribution >= 4 is 17.3 Å². The number of anilines is 1. The van der Waals surface area contributed by atoms with E-state index in [9.17, 15) is 4.39 Å². The average molecular weight is 412 g/mol. The number of nitrogens with zero attached hydrogens (tertiary/aromatic N) is 4. The Morgan fingerprint density at radius 1 is 1.14 bits per heavy atom. The highest BCUT2D eigenvalue weighted by Gasteiger charge is 2.04. The Hall–Kier alpha value is -2.88. The molecule has 0 aliphatic heterocycles. The number of rotatable bonds is 7. The van der Waals surface area contributed by atoms with E-state index in [1.165, 1.54) is 10.2 Å². The third-order valence-electron chi connectivity index (χ3n) is 4.16. The number of nitrogens with one attached hydrogen (secondary N) is 1. The lowest BCUT2D eigenvalue weighted by Gasteiger charge is -2.11. The number of alkyl halides is 1. The second-order valence-electron chi connectivity index (χ2n) is 6.89. The van der Waals surface area contributed by atoms with Crippen LogP contribution in [0.2, 0.25) is 5.15 Å². The minimum Gasteiger partial charge on any atom is -0.380 e. The highest BCUT2D eigenvalue weighted by atomic mass is 35.5.